The molecule has 4 aromatic heterocycles. The van der Waals surface area contributed by atoms with E-state index in [0.717, 1.165) is 37.4 Å². The molecule has 0 radical (unpaired) electrons. The number of aliphatic hydroxyl groups is 2. The Kier molecular flexibility index (Phi) is 3.96. The van der Waals surface area contributed by atoms with Gasteiger partial charge in [-0.15, -0.1) is 45.3 Å². The molecule has 32 heavy (non-hydrogen) atoms. The highest BCUT2D eigenvalue weighted by Gasteiger charge is 2.52. The lowest BCUT2D eigenvalue weighted by Gasteiger charge is -2.44. The fraction of sp³-hybridized carbons (Fsp3) is 0.0769. The Morgan fingerprint density at radius 3 is 1.69 bits per heavy atom. The standard InChI is InChI=1S/C26H16O2S4/c27-25(22-13-15-9-11-30-24(15)32-22)16-5-1-3-7-18(16)26(28,19-8-4-2-6-17(19)25)23-14-21-20(31-23)10-12-29-21/h1-14,27-28H. The van der Waals surface area contributed by atoms with Crippen LogP contribution in [0.25, 0.3) is 18.8 Å². The molecule has 2 N–H and O–H groups in total. The van der Waals surface area contributed by atoms with Gasteiger partial charge in [0.05, 0.1) is 4.01 Å². The van der Waals surface area contributed by atoms with Gasteiger partial charge in [0.2, 0.25) is 0 Å². The smallest absolute Gasteiger partial charge is 0.150 e. The summed E-state index contributed by atoms with van der Waals surface area (Å²) >= 11 is 6.63. The third kappa shape index (κ3) is 2.34. The fourth-order valence-corrected chi connectivity index (χ4v) is 9.39. The molecule has 2 nitrogen and oxygen atoms in total. The second-order valence-electron chi connectivity index (χ2n) is 8.05. The molecule has 2 aromatic carbocycles. The zero-order valence-corrected chi connectivity index (χ0v) is 19.9. The van der Waals surface area contributed by atoms with Gasteiger partial charge in [0.15, 0.2) is 11.2 Å². The molecule has 4 heterocycles. The lowest BCUT2D eigenvalue weighted by molar-refractivity contribution is 0.0787. The average molecular weight is 489 g/mol. The lowest BCUT2D eigenvalue weighted by Crippen LogP contribution is -2.43. The van der Waals surface area contributed by atoms with E-state index in [2.05, 4.69) is 35.0 Å². The first-order chi connectivity index (χ1) is 15.6. The van der Waals surface area contributed by atoms with E-state index in [9.17, 15) is 10.2 Å². The van der Waals surface area contributed by atoms with E-state index in [1.54, 1.807) is 45.3 Å². The molecule has 156 valence electrons. The van der Waals surface area contributed by atoms with E-state index in [1.165, 1.54) is 13.4 Å². The molecule has 6 aromatic rings. The quantitative estimate of drug-likeness (QED) is 0.272. The Morgan fingerprint density at radius 1 is 0.562 bits per heavy atom. The summed E-state index contributed by atoms with van der Waals surface area (Å²) < 4.78 is 3.54. The predicted octanol–water partition coefficient (Wildman–Crippen LogP) is 7.12. The van der Waals surface area contributed by atoms with Gasteiger partial charge in [-0.1, -0.05) is 48.5 Å². The summed E-state index contributed by atoms with van der Waals surface area (Å²) in [6, 6.07) is 24.0. The molecule has 0 saturated carbocycles. The Bertz CT molecular complexity index is 1400. The molecular weight excluding hydrogens is 473 g/mol. The first-order valence-corrected chi connectivity index (χ1v) is 13.6. The van der Waals surface area contributed by atoms with Crippen molar-refractivity contribution in [3.05, 3.63) is 116 Å². The Balaban J connectivity index is 1.58. The van der Waals surface area contributed by atoms with Gasteiger partial charge >= 0.3 is 0 Å². The van der Waals surface area contributed by atoms with Gasteiger partial charge < -0.3 is 10.2 Å². The molecule has 0 bridgehead atoms. The molecule has 0 saturated heterocycles. The van der Waals surface area contributed by atoms with Gasteiger partial charge in [-0.3, -0.25) is 0 Å². The highest BCUT2D eigenvalue weighted by molar-refractivity contribution is 7.37. The van der Waals surface area contributed by atoms with Crippen molar-refractivity contribution in [1.29, 1.82) is 0 Å². The minimum Gasteiger partial charge on any atom is -0.375 e. The summed E-state index contributed by atoms with van der Waals surface area (Å²) in [6.07, 6.45) is 0. The largest absolute Gasteiger partial charge is 0.375 e. The Morgan fingerprint density at radius 2 is 1.12 bits per heavy atom. The SMILES string of the molecule is OC1(c2cc3sccc3s2)c2ccccc2C(O)(c2cc3ccsc3s2)c2ccccc21. The van der Waals surface area contributed by atoms with E-state index in [0.29, 0.717) is 0 Å². The van der Waals surface area contributed by atoms with Crippen molar-refractivity contribution in [3.8, 4) is 0 Å². The van der Waals surface area contributed by atoms with Crippen LogP contribution in [0.4, 0.5) is 0 Å². The molecule has 0 aliphatic heterocycles. The van der Waals surface area contributed by atoms with Crippen LogP contribution in [0.3, 0.4) is 0 Å². The number of rotatable bonds is 2. The van der Waals surface area contributed by atoms with Gasteiger partial charge in [0.25, 0.3) is 0 Å². The Hall–Kier alpha value is -2.32. The van der Waals surface area contributed by atoms with Crippen LogP contribution in [0.5, 0.6) is 0 Å². The van der Waals surface area contributed by atoms with Crippen molar-refractivity contribution < 1.29 is 10.2 Å². The topological polar surface area (TPSA) is 40.5 Å². The normalized spacial score (nSPS) is 22.3. The van der Waals surface area contributed by atoms with Crippen molar-refractivity contribution in [2.24, 2.45) is 0 Å². The van der Waals surface area contributed by atoms with Crippen LogP contribution < -0.4 is 0 Å². The van der Waals surface area contributed by atoms with Crippen LogP contribution in [-0.2, 0) is 11.2 Å². The average Bonchev–Trinajstić information content (AvgIpc) is 3.58. The van der Waals surface area contributed by atoms with Gasteiger partial charge in [0.1, 0.15) is 0 Å². The van der Waals surface area contributed by atoms with Crippen molar-refractivity contribution in [1.82, 2.24) is 0 Å². The minimum absolute atomic E-state index is 0.742. The van der Waals surface area contributed by atoms with Crippen LogP contribution in [0.1, 0.15) is 32.0 Å². The van der Waals surface area contributed by atoms with Crippen molar-refractivity contribution in [3.63, 3.8) is 0 Å². The maximum absolute atomic E-state index is 12.5. The molecule has 0 spiro atoms. The molecule has 6 heteroatoms. The molecular formula is C26H16O2S4. The fourth-order valence-electron chi connectivity index (χ4n) is 4.94. The Labute approximate surface area is 200 Å². The number of thiophene rings is 4. The van der Waals surface area contributed by atoms with Crippen molar-refractivity contribution >= 4 is 64.1 Å². The number of fused-ring (bicyclic) bond motifs is 4. The van der Waals surface area contributed by atoms with Gasteiger partial charge in [-0.2, -0.15) is 0 Å². The third-order valence-corrected chi connectivity index (χ3v) is 10.9. The first-order valence-electron chi connectivity index (χ1n) is 10.2. The monoisotopic (exact) mass is 488 g/mol. The van der Waals surface area contributed by atoms with Crippen molar-refractivity contribution in [2.45, 2.75) is 11.2 Å². The zero-order valence-electron chi connectivity index (χ0n) is 16.6. The first kappa shape index (κ1) is 19.2. The number of hydrogen-bond donors (Lipinski definition) is 2. The second kappa shape index (κ2) is 6.60. The van der Waals surface area contributed by atoms with E-state index >= 15 is 0 Å². The summed E-state index contributed by atoms with van der Waals surface area (Å²) in [7, 11) is 0. The van der Waals surface area contributed by atoms with Gasteiger partial charge in [-0.25, -0.2) is 0 Å². The van der Waals surface area contributed by atoms with E-state index in [-0.39, 0.29) is 0 Å². The highest BCUT2D eigenvalue weighted by Crippen LogP contribution is 2.56. The second-order valence-corrected chi connectivity index (χ2v) is 12.3. The summed E-state index contributed by atoms with van der Waals surface area (Å²) in [5.74, 6) is 0. The molecule has 0 unspecified atom stereocenters. The third-order valence-electron chi connectivity index (χ3n) is 6.41. The van der Waals surface area contributed by atoms with Crippen LogP contribution in [0.2, 0.25) is 0 Å². The van der Waals surface area contributed by atoms with E-state index < -0.39 is 11.2 Å². The van der Waals surface area contributed by atoms with Crippen molar-refractivity contribution in [2.75, 3.05) is 0 Å². The predicted molar refractivity (Wildman–Crippen MR) is 136 cm³/mol. The summed E-state index contributed by atoms with van der Waals surface area (Å²) in [5, 5.41) is 30.2. The highest BCUT2D eigenvalue weighted by atomic mass is 32.2. The zero-order chi connectivity index (χ0) is 21.5. The van der Waals surface area contributed by atoms with Crippen LogP contribution in [0.15, 0.2) is 83.6 Å². The van der Waals surface area contributed by atoms with Crippen LogP contribution in [-0.4, -0.2) is 10.2 Å². The maximum atomic E-state index is 12.5. The van der Waals surface area contributed by atoms with Crippen LogP contribution >= 0.6 is 45.3 Å². The van der Waals surface area contributed by atoms with Crippen LogP contribution in [0, 0.1) is 0 Å². The summed E-state index contributed by atoms with van der Waals surface area (Å²) in [6.45, 7) is 0. The molecule has 7 rings (SSSR count). The molecule has 0 atom stereocenters. The number of hydrogen-bond acceptors (Lipinski definition) is 6. The molecule has 0 fully saturated rings. The summed E-state index contributed by atoms with van der Waals surface area (Å²) in [5.41, 5.74) is 0.326. The van der Waals surface area contributed by atoms with E-state index in [4.69, 9.17) is 0 Å². The summed E-state index contributed by atoms with van der Waals surface area (Å²) in [4.78, 5) is 1.77. The van der Waals surface area contributed by atoms with Gasteiger partial charge in [0, 0.05) is 46.8 Å². The number of benzene rings is 2. The minimum atomic E-state index is -1.32. The van der Waals surface area contributed by atoms with Gasteiger partial charge in [-0.05, 0) is 35.0 Å². The molecule has 0 amide bonds. The molecule has 1 aliphatic rings. The molecule has 1 aliphatic carbocycles. The maximum Gasteiger partial charge on any atom is 0.150 e. The van der Waals surface area contributed by atoms with E-state index in [1.807, 2.05) is 48.5 Å². The lowest BCUT2D eigenvalue weighted by atomic mass is 9.66.